The Bertz CT molecular complexity index is 2280. The molecule has 3 aromatic carbocycles. The lowest BCUT2D eigenvalue weighted by molar-refractivity contribution is -0.136. The van der Waals surface area contributed by atoms with Gasteiger partial charge >= 0.3 is 0 Å². The number of hydrogen-bond acceptors (Lipinski definition) is 6. The number of carbonyl (C=O) groups excluding carboxylic acids is 2. The normalized spacial score (nSPS) is 16.3. The van der Waals surface area contributed by atoms with Crippen molar-refractivity contribution < 1.29 is 18.4 Å². The first-order valence-corrected chi connectivity index (χ1v) is 18.5. The molecular weight excluding hydrogens is 679 g/mol. The van der Waals surface area contributed by atoms with Gasteiger partial charge in [-0.2, -0.15) is 0 Å². The second kappa shape index (κ2) is 14.0. The smallest absolute Gasteiger partial charge is 0.228 e. The van der Waals surface area contributed by atoms with Gasteiger partial charge < -0.3 is 14.7 Å². The van der Waals surface area contributed by atoms with Gasteiger partial charge in [0.15, 0.2) is 0 Å². The third kappa shape index (κ3) is 6.34. The molecule has 0 N–H and O–H groups in total. The molecule has 2 aliphatic rings. The number of likely N-dealkylation sites (tertiary alicyclic amines) is 1. The van der Waals surface area contributed by atoms with Gasteiger partial charge in [0.25, 0.3) is 0 Å². The number of anilines is 1. The Hall–Kier alpha value is -5.42. The molecule has 0 bridgehead atoms. The van der Waals surface area contributed by atoms with Gasteiger partial charge in [-0.25, -0.2) is 18.7 Å². The van der Waals surface area contributed by atoms with E-state index in [1.54, 1.807) is 24.0 Å². The summed E-state index contributed by atoms with van der Waals surface area (Å²) in [6.45, 7) is 7.18. The first kappa shape index (κ1) is 33.7. The van der Waals surface area contributed by atoms with Crippen LogP contribution in [0, 0.1) is 24.5 Å². The third-order valence-corrected chi connectivity index (χ3v) is 11.1. The molecule has 6 aromatic rings. The maximum Gasteiger partial charge on any atom is 0.228 e. The van der Waals surface area contributed by atoms with Crippen molar-refractivity contribution in [2.45, 2.75) is 33.2 Å². The highest BCUT2D eigenvalue weighted by molar-refractivity contribution is 7.13. The van der Waals surface area contributed by atoms with Crippen LogP contribution in [0.5, 0.6) is 0 Å². The van der Waals surface area contributed by atoms with Crippen LogP contribution in [0.4, 0.5) is 14.5 Å². The summed E-state index contributed by atoms with van der Waals surface area (Å²) < 4.78 is 31.8. The number of aromatic nitrogens is 3. The molecule has 0 aliphatic carbocycles. The molecule has 52 heavy (non-hydrogen) atoms. The van der Waals surface area contributed by atoms with Crippen molar-refractivity contribution in [1.82, 2.24) is 24.2 Å². The summed E-state index contributed by atoms with van der Waals surface area (Å²) in [6.07, 6.45) is 2.90. The lowest BCUT2D eigenvalue weighted by atomic mass is 10.0. The van der Waals surface area contributed by atoms with E-state index in [1.807, 2.05) is 82.4 Å². The molecule has 0 saturated carbocycles. The largest absolute Gasteiger partial charge is 0.367 e. The summed E-state index contributed by atoms with van der Waals surface area (Å²) in [5, 5.41) is 2.60. The molecule has 5 heterocycles. The first-order valence-electron chi connectivity index (χ1n) is 17.6. The highest BCUT2D eigenvalue weighted by Crippen LogP contribution is 2.37. The van der Waals surface area contributed by atoms with Crippen LogP contribution < -0.4 is 4.90 Å². The number of aryl methyl sites for hydroxylation is 1. The van der Waals surface area contributed by atoms with Crippen molar-refractivity contribution in [2.75, 3.05) is 37.6 Å². The standard InChI is InChI=1S/C41H38F2N6O2S/c1-3-34-39(33-15-14-32(26(2)38(33)43)40-45-35(25-52-40)28-9-11-30(42)12-10-28)49-24-31(13-16-36(49)44-34)46-17-19-47(20-18-46)41(51)29-21-37(50)48(23-29)22-27-7-5-4-6-8-27/h4-16,24-25,29H,3,17-23H2,1-2H3. The maximum absolute atomic E-state index is 16.4. The Morgan fingerprint density at radius 2 is 1.65 bits per heavy atom. The van der Waals surface area contributed by atoms with E-state index in [0.29, 0.717) is 67.4 Å². The van der Waals surface area contributed by atoms with Gasteiger partial charge in [0.1, 0.15) is 22.3 Å². The van der Waals surface area contributed by atoms with Crippen molar-refractivity contribution in [3.63, 3.8) is 0 Å². The number of imidazole rings is 1. The molecule has 2 amide bonds. The summed E-state index contributed by atoms with van der Waals surface area (Å²) in [6, 6.07) is 23.8. The zero-order chi connectivity index (χ0) is 35.9. The highest BCUT2D eigenvalue weighted by Gasteiger charge is 2.37. The van der Waals surface area contributed by atoms with Gasteiger partial charge in [0.05, 0.1) is 28.7 Å². The monoisotopic (exact) mass is 716 g/mol. The van der Waals surface area contributed by atoms with Crippen molar-refractivity contribution in [3.05, 3.63) is 119 Å². The molecule has 11 heteroatoms. The van der Waals surface area contributed by atoms with E-state index < -0.39 is 0 Å². The summed E-state index contributed by atoms with van der Waals surface area (Å²) in [4.78, 5) is 41.8. The number of rotatable bonds is 8. The molecule has 8 nitrogen and oxygen atoms in total. The fourth-order valence-corrected chi connectivity index (χ4v) is 8.30. The number of halogens is 2. The second-order valence-electron chi connectivity index (χ2n) is 13.5. The van der Waals surface area contributed by atoms with Crippen LogP contribution in [-0.2, 0) is 22.6 Å². The van der Waals surface area contributed by atoms with E-state index >= 15 is 4.39 Å². The molecule has 264 valence electrons. The minimum absolute atomic E-state index is 0.0252. The fourth-order valence-electron chi connectivity index (χ4n) is 7.39. The summed E-state index contributed by atoms with van der Waals surface area (Å²) in [5.74, 6) is -0.881. The number of piperazine rings is 1. The van der Waals surface area contributed by atoms with Crippen LogP contribution in [0.2, 0.25) is 0 Å². The minimum Gasteiger partial charge on any atom is -0.367 e. The molecule has 2 saturated heterocycles. The summed E-state index contributed by atoms with van der Waals surface area (Å²) in [7, 11) is 0. The van der Waals surface area contributed by atoms with E-state index in [1.165, 1.54) is 23.5 Å². The fraction of sp³-hybridized carbons (Fsp3) is 0.268. The number of nitrogens with zero attached hydrogens (tertiary/aromatic N) is 6. The number of hydrogen-bond donors (Lipinski definition) is 0. The molecule has 0 radical (unpaired) electrons. The molecule has 3 aromatic heterocycles. The van der Waals surface area contributed by atoms with Gasteiger partial charge in [-0.05, 0) is 66.9 Å². The predicted octanol–water partition coefficient (Wildman–Crippen LogP) is 7.64. The number of amides is 2. The quantitative estimate of drug-likeness (QED) is 0.162. The van der Waals surface area contributed by atoms with Gasteiger partial charge in [0, 0.05) is 74.0 Å². The number of thiazole rings is 1. The van der Waals surface area contributed by atoms with Crippen LogP contribution in [-0.4, -0.2) is 68.7 Å². The molecule has 1 atom stereocenters. The van der Waals surface area contributed by atoms with Crippen molar-refractivity contribution in [1.29, 1.82) is 0 Å². The molecule has 1 unspecified atom stereocenters. The SMILES string of the molecule is CCc1nc2ccc(N3CCN(C(=O)C4CC(=O)N(Cc5ccccc5)C4)CC3)cn2c1-c1ccc(-c2nc(-c3ccc(F)cc3)cs2)c(C)c1F. The molecule has 2 fully saturated rings. The van der Waals surface area contributed by atoms with E-state index in [-0.39, 0.29) is 35.8 Å². The zero-order valence-electron chi connectivity index (χ0n) is 29.1. The van der Waals surface area contributed by atoms with Crippen LogP contribution in [0.15, 0.2) is 90.4 Å². The molecular formula is C41H38F2N6O2S. The van der Waals surface area contributed by atoms with E-state index in [2.05, 4.69) is 4.90 Å². The number of fused-ring (bicyclic) bond motifs is 1. The lowest BCUT2D eigenvalue weighted by Gasteiger charge is -2.37. The van der Waals surface area contributed by atoms with Gasteiger partial charge in [0.2, 0.25) is 11.8 Å². The van der Waals surface area contributed by atoms with Crippen molar-refractivity contribution in [3.8, 4) is 33.1 Å². The van der Waals surface area contributed by atoms with Crippen LogP contribution in [0.3, 0.4) is 0 Å². The topological polar surface area (TPSA) is 74.1 Å². The Morgan fingerprint density at radius 3 is 2.40 bits per heavy atom. The Kier molecular flexibility index (Phi) is 9.04. The molecule has 0 spiro atoms. The van der Waals surface area contributed by atoms with E-state index in [9.17, 15) is 14.0 Å². The predicted molar refractivity (Wildman–Crippen MR) is 200 cm³/mol. The van der Waals surface area contributed by atoms with Crippen molar-refractivity contribution in [2.24, 2.45) is 5.92 Å². The van der Waals surface area contributed by atoms with E-state index in [4.69, 9.17) is 9.97 Å². The Labute approximate surface area is 305 Å². The summed E-state index contributed by atoms with van der Waals surface area (Å²) >= 11 is 1.43. The van der Waals surface area contributed by atoms with Crippen LogP contribution in [0.25, 0.3) is 38.7 Å². The van der Waals surface area contributed by atoms with Crippen LogP contribution in [0.1, 0.15) is 30.2 Å². The average Bonchev–Trinajstić information content (AvgIpc) is 3.90. The number of benzene rings is 3. The second-order valence-corrected chi connectivity index (χ2v) is 14.4. The lowest BCUT2D eigenvalue weighted by Crippen LogP contribution is -2.50. The maximum atomic E-state index is 16.4. The molecule has 8 rings (SSSR count). The van der Waals surface area contributed by atoms with E-state index in [0.717, 1.165) is 39.5 Å². The third-order valence-electron chi connectivity index (χ3n) is 10.3. The minimum atomic E-state index is -0.322. The number of pyridine rings is 1. The van der Waals surface area contributed by atoms with Gasteiger partial charge in [-0.15, -0.1) is 11.3 Å². The first-order chi connectivity index (χ1) is 25.3. The Morgan fingerprint density at radius 1 is 0.904 bits per heavy atom. The number of carbonyl (C=O) groups is 2. The summed E-state index contributed by atoms with van der Waals surface area (Å²) in [5.41, 5.74) is 7.50. The molecule has 2 aliphatic heterocycles. The zero-order valence-corrected chi connectivity index (χ0v) is 29.9. The van der Waals surface area contributed by atoms with Gasteiger partial charge in [-0.3, -0.25) is 14.0 Å². The Balaban J connectivity index is 0.993. The van der Waals surface area contributed by atoms with Crippen molar-refractivity contribution >= 4 is 34.5 Å². The van der Waals surface area contributed by atoms with Gasteiger partial charge in [-0.1, -0.05) is 43.3 Å². The van der Waals surface area contributed by atoms with Crippen LogP contribution >= 0.6 is 11.3 Å². The average molecular weight is 717 g/mol. The highest BCUT2D eigenvalue weighted by atomic mass is 32.1.